The van der Waals surface area contributed by atoms with Crippen molar-refractivity contribution in [1.29, 1.82) is 0 Å². The van der Waals surface area contributed by atoms with E-state index in [2.05, 4.69) is 0 Å². The van der Waals surface area contributed by atoms with Gasteiger partial charge in [0.25, 0.3) is 0 Å². The summed E-state index contributed by atoms with van der Waals surface area (Å²) in [6.07, 6.45) is 1.89. The van der Waals surface area contributed by atoms with E-state index in [0.717, 1.165) is 0 Å². The smallest absolute Gasteiger partial charge is 0.341 e. The second kappa shape index (κ2) is 9.49. The number of pyridine rings is 1. The third-order valence-electron chi connectivity index (χ3n) is 5.18. The lowest BCUT2D eigenvalue weighted by Gasteiger charge is -2.22. The average Bonchev–Trinajstić information content (AvgIpc) is 2.74. The van der Waals surface area contributed by atoms with Crippen molar-refractivity contribution in [3.63, 3.8) is 0 Å². The molecule has 1 heterocycles. The zero-order chi connectivity index (χ0) is 22.7. The van der Waals surface area contributed by atoms with Crippen molar-refractivity contribution in [2.24, 2.45) is 0 Å². The van der Waals surface area contributed by atoms with Crippen LogP contribution in [0.2, 0.25) is 5.02 Å². The number of hydrogen-bond acceptors (Lipinski definition) is 4. The van der Waals surface area contributed by atoms with E-state index >= 15 is 0 Å². The van der Waals surface area contributed by atoms with Crippen LogP contribution in [0, 0.1) is 5.82 Å². The maximum absolute atomic E-state index is 14.4. The third-order valence-corrected chi connectivity index (χ3v) is 5.47. The number of benzene rings is 2. The van der Waals surface area contributed by atoms with Crippen molar-refractivity contribution >= 4 is 28.5 Å². The first-order valence-corrected chi connectivity index (χ1v) is 10.3. The lowest BCUT2D eigenvalue weighted by molar-refractivity contribution is 0.0694. The number of aliphatic hydroxyl groups is 1. The number of rotatable bonds is 8. The summed E-state index contributed by atoms with van der Waals surface area (Å²) in [5.41, 5.74) is 0.230. The van der Waals surface area contributed by atoms with Gasteiger partial charge in [0.05, 0.1) is 35.2 Å². The van der Waals surface area contributed by atoms with Crippen molar-refractivity contribution in [3.8, 4) is 5.75 Å². The zero-order valence-corrected chi connectivity index (χ0v) is 17.9. The molecule has 0 saturated carbocycles. The van der Waals surface area contributed by atoms with Crippen LogP contribution in [0.4, 0.5) is 4.39 Å². The van der Waals surface area contributed by atoms with Crippen LogP contribution in [0.1, 0.15) is 47.8 Å². The normalized spacial score (nSPS) is 12.2. The Balaban J connectivity index is 2.33. The van der Waals surface area contributed by atoms with Crippen LogP contribution >= 0.6 is 11.6 Å². The summed E-state index contributed by atoms with van der Waals surface area (Å²) < 4.78 is 21.8. The molecule has 164 valence electrons. The number of aliphatic hydroxyl groups excluding tert-OH is 1. The van der Waals surface area contributed by atoms with Gasteiger partial charge in [-0.1, -0.05) is 30.7 Å². The van der Waals surface area contributed by atoms with E-state index in [9.17, 15) is 24.2 Å². The molecule has 1 unspecified atom stereocenters. The maximum atomic E-state index is 14.4. The number of fused-ring (bicyclic) bond motifs is 1. The Morgan fingerprint density at radius 3 is 2.65 bits per heavy atom. The Morgan fingerprint density at radius 1 is 1.29 bits per heavy atom. The fourth-order valence-corrected chi connectivity index (χ4v) is 3.83. The number of carboxylic acids is 1. The van der Waals surface area contributed by atoms with Crippen LogP contribution < -0.4 is 10.2 Å². The van der Waals surface area contributed by atoms with E-state index in [0.29, 0.717) is 35.4 Å². The molecule has 1 atom stereocenters. The van der Waals surface area contributed by atoms with Gasteiger partial charge >= 0.3 is 5.97 Å². The van der Waals surface area contributed by atoms with E-state index in [-0.39, 0.29) is 23.4 Å². The minimum absolute atomic E-state index is 0.00688. The molecule has 0 aliphatic heterocycles. The monoisotopic (exact) mass is 447 g/mol. The SMILES string of the molecule is CCOc1cc(Cc2cccc(Cl)c2F)cc2c(=O)c(C(=O)O)cn(C(CC)CO)c12. The van der Waals surface area contributed by atoms with Crippen LogP contribution in [0.25, 0.3) is 10.9 Å². The summed E-state index contributed by atoms with van der Waals surface area (Å²) in [5.74, 6) is -1.55. The molecule has 0 radical (unpaired) electrons. The first-order valence-electron chi connectivity index (χ1n) is 9.93. The van der Waals surface area contributed by atoms with Crippen molar-refractivity contribution in [3.05, 3.63) is 74.3 Å². The van der Waals surface area contributed by atoms with Crippen molar-refractivity contribution in [2.45, 2.75) is 32.7 Å². The predicted molar refractivity (Wildman–Crippen MR) is 117 cm³/mol. The molecule has 0 saturated heterocycles. The third kappa shape index (κ3) is 4.43. The highest BCUT2D eigenvalue weighted by atomic mass is 35.5. The van der Waals surface area contributed by atoms with Gasteiger partial charge < -0.3 is 19.5 Å². The number of ether oxygens (including phenoxy) is 1. The van der Waals surface area contributed by atoms with Gasteiger partial charge in [0.1, 0.15) is 17.1 Å². The zero-order valence-electron chi connectivity index (χ0n) is 17.2. The van der Waals surface area contributed by atoms with Gasteiger partial charge in [0, 0.05) is 12.6 Å². The number of carbonyl (C=O) groups is 1. The highest BCUT2D eigenvalue weighted by Crippen LogP contribution is 2.31. The number of carboxylic acid groups (broad SMARTS) is 1. The van der Waals surface area contributed by atoms with Crippen molar-refractivity contribution in [1.82, 2.24) is 4.57 Å². The number of nitrogens with zero attached hydrogens (tertiary/aromatic N) is 1. The molecule has 31 heavy (non-hydrogen) atoms. The van der Waals surface area contributed by atoms with E-state index in [1.807, 2.05) is 6.92 Å². The standard InChI is InChI=1S/C23H23ClFNO5/c1-3-15(12-27)26-11-17(23(29)30)22(28)16-9-13(10-19(21(16)26)31-4-2)8-14-6-5-7-18(24)20(14)25/h5-7,9-11,15,27H,3-4,8,12H2,1-2H3,(H,29,30). The maximum Gasteiger partial charge on any atom is 0.341 e. The van der Waals surface area contributed by atoms with Gasteiger partial charge in [-0.2, -0.15) is 0 Å². The molecule has 2 aromatic carbocycles. The Bertz CT molecular complexity index is 1190. The number of hydrogen-bond donors (Lipinski definition) is 2. The summed E-state index contributed by atoms with van der Waals surface area (Å²) in [5, 5.41) is 19.5. The lowest BCUT2D eigenvalue weighted by Crippen LogP contribution is -2.23. The molecule has 2 N–H and O–H groups in total. The number of halogens is 2. The average molecular weight is 448 g/mol. The number of aromatic carboxylic acids is 1. The summed E-state index contributed by atoms with van der Waals surface area (Å²) in [6.45, 7) is 3.69. The Hall–Kier alpha value is -2.90. The molecule has 0 fully saturated rings. The van der Waals surface area contributed by atoms with Gasteiger partial charge in [-0.15, -0.1) is 0 Å². The summed E-state index contributed by atoms with van der Waals surface area (Å²) in [4.78, 5) is 24.7. The fourth-order valence-electron chi connectivity index (χ4n) is 3.64. The fraction of sp³-hybridized carbons (Fsp3) is 0.304. The van der Waals surface area contributed by atoms with Crippen LogP contribution in [0.3, 0.4) is 0 Å². The summed E-state index contributed by atoms with van der Waals surface area (Å²) in [7, 11) is 0. The molecule has 3 rings (SSSR count). The second-order valence-electron chi connectivity index (χ2n) is 7.14. The van der Waals surface area contributed by atoms with E-state index in [4.69, 9.17) is 16.3 Å². The van der Waals surface area contributed by atoms with Crippen LogP contribution in [0.15, 0.2) is 41.3 Å². The molecule has 0 aliphatic carbocycles. The van der Waals surface area contributed by atoms with Crippen molar-refractivity contribution in [2.75, 3.05) is 13.2 Å². The van der Waals surface area contributed by atoms with E-state index in [1.165, 1.54) is 12.3 Å². The predicted octanol–water partition coefficient (Wildman–Crippen LogP) is 4.43. The van der Waals surface area contributed by atoms with E-state index < -0.39 is 28.8 Å². The first kappa shape index (κ1) is 22.8. The Labute approximate surface area is 183 Å². The molecule has 6 nitrogen and oxygen atoms in total. The first-order chi connectivity index (χ1) is 14.8. The summed E-state index contributed by atoms with van der Waals surface area (Å²) in [6, 6.07) is 7.48. The van der Waals surface area contributed by atoms with E-state index in [1.54, 1.807) is 35.8 Å². The Morgan fingerprint density at radius 2 is 2.03 bits per heavy atom. The molecule has 0 amide bonds. The van der Waals surface area contributed by atoms with Crippen LogP contribution in [-0.2, 0) is 6.42 Å². The molecule has 0 bridgehead atoms. The van der Waals surface area contributed by atoms with Crippen molar-refractivity contribution < 1.29 is 24.1 Å². The summed E-state index contributed by atoms with van der Waals surface area (Å²) >= 11 is 5.88. The lowest BCUT2D eigenvalue weighted by atomic mass is 10.00. The Kier molecular flexibility index (Phi) is 6.97. The highest BCUT2D eigenvalue weighted by Gasteiger charge is 2.22. The highest BCUT2D eigenvalue weighted by molar-refractivity contribution is 6.30. The van der Waals surface area contributed by atoms with Crippen LogP contribution in [-0.4, -0.2) is 34.0 Å². The molecule has 3 aromatic rings. The molecule has 0 aliphatic rings. The minimum atomic E-state index is -1.36. The molecule has 0 spiro atoms. The number of aromatic nitrogens is 1. The minimum Gasteiger partial charge on any atom is -0.492 e. The quantitative estimate of drug-likeness (QED) is 0.533. The largest absolute Gasteiger partial charge is 0.492 e. The van der Waals surface area contributed by atoms with Gasteiger partial charge in [-0.05, 0) is 42.7 Å². The van der Waals surface area contributed by atoms with Crippen LogP contribution in [0.5, 0.6) is 5.75 Å². The topological polar surface area (TPSA) is 88.8 Å². The van der Waals surface area contributed by atoms with Gasteiger partial charge in [-0.25, -0.2) is 9.18 Å². The van der Waals surface area contributed by atoms with Gasteiger partial charge in [0.2, 0.25) is 5.43 Å². The molecule has 1 aromatic heterocycles. The van der Waals surface area contributed by atoms with Gasteiger partial charge in [-0.3, -0.25) is 4.79 Å². The molecule has 8 heteroatoms. The molecular formula is C23H23ClFNO5. The second-order valence-corrected chi connectivity index (χ2v) is 7.55. The van der Waals surface area contributed by atoms with Gasteiger partial charge in [0.15, 0.2) is 0 Å². The molecular weight excluding hydrogens is 425 g/mol.